The second kappa shape index (κ2) is 8.56. The van der Waals surface area contributed by atoms with Crippen molar-refractivity contribution < 1.29 is 14.4 Å². The highest BCUT2D eigenvalue weighted by Gasteiger charge is 2.28. The minimum atomic E-state index is -0.341. The molecular weight excluding hydrogens is 364 g/mol. The maximum absolute atomic E-state index is 9.79. The molecule has 2 aromatic carbocycles. The molecule has 5 nitrogen and oxygen atoms in total. The quantitative estimate of drug-likeness (QED) is 0.567. The second-order valence-corrected chi connectivity index (χ2v) is 9.24. The van der Waals surface area contributed by atoms with Gasteiger partial charge in [0.05, 0.1) is 25.0 Å². The van der Waals surface area contributed by atoms with Crippen LogP contribution in [0.4, 0.5) is 5.69 Å². The first-order valence-electron chi connectivity index (χ1n) is 10.1. The zero-order chi connectivity index (χ0) is 21.1. The number of hydrogen-bond acceptors (Lipinski definition) is 5. The van der Waals surface area contributed by atoms with Gasteiger partial charge < -0.3 is 19.7 Å². The Morgan fingerprint density at radius 2 is 1.83 bits per heavy atom. The summed E-state index contributed by atoms with van der Waals surface area (Å²) in [6.45, 7) is 11.6. The van der Waals surface area contributed by atoms with Gasteiger partial charge in [-0.1, -0.05) is 64.0 Å². The molecular formula is C24H32N2O3. The molecule has 0 aliphatic rings. The fourth-order valence-corrected chi connectivity index (χ4v) is 3.27. The molecule has 1 unspecified atom stereocenters. The Labute approximate surface area is 173 Å². The molecule has 2 N–H and O–H groups in total. The summed E-state index contributed by atoms with van der Waals surface area (Å²) >= 11 is 0. The summed E-state index contributed by atoms with van der Waals surface area (Å²) in [6, 6.07) is 16.2. The smallest absolute Gasteiger partial charge is 0.167 e. The molecule has 0 bridgehead atoms. The average Bonchev–Trinajstić information content (AvgIpc) is 3.13. The van der Waals surface area contributed by atoms with Crippen LogP contribution in [0, 0.1) is 0 Å². The van der Waals surface area contributed by atoms with Gasteiger partial charge in [0.1, 0.15) is 0 Å². The summed E-state index contributed by atoms with van der Waals surface area (Å²) < 4.78 is 11.5. The Bertz CT molecular complexity index is 940. The van der Waals surface area contributed by atoms with Gasteiger partial charge in [-0.3, -0.25) is 0 Å². The van der Waals surface area contributed by atoms with Crippen molar-refractivity contribution in [1.29, 1.82) is 0 Å². The van der Waals surface area contributed by atoms with E-state index in [2.05, 4.69) is 63.3 Å². The van der Waals surface area contributed by atoms with E-state index in [4.69, 9.17) is 9.26 Å². The number of aliphatic hydroxyl groups excluding tert-OH is 1. The van der Waals surface area contributed by atoms with Crippen LogP contribution in [-0.4, -0.2) is 36.1 Å². The Hall–Kier alpha value is -2.37. The topological polar surface area (TPSA) is 67.5 Å². The standard InChI is InChI=1S/C24H32N2O3/c1-23(2,3)17-9-8-10-18(13-17)25-14-19(15-27)28-16-24(4,5)22-20-11-6-7-12-21(20)29-26-22/h6-13,19,25,27H,14-16H2,1-5H3. The summed E-state index contributed by atoms with van der Waals surface area (Å²) in [5.41, 5.74) is 3.69. The van der Waals surface area contributed by atoms with Gasteiger partial charge in [-0.2, -0.15) is 0 Å². The number of nitrogens with zero attached hydrogens (tertiary/aromatic N) is 1. The number of nitrogens with one attached hydrogen (secondary N) is 1. The molecule has 0 fully saturated rings. The SMILES string of the molecule is CC(C)(C)c1cccc(NCC(CO)OCC(C)(C)c2noc3ccccc23)c1. The lowest BCUT2D eigenvalue weighted by atomic mass is 9.87. The van der Waals surface area contributed by atoms with E-state index in [1.54, 1.807) is 0 Å². The summed E-state index contributed by atoms with van der Waals surface area (Å²) in [5.74, 6) is 0. The van der Waals surface area contributed by atoms with E-state index in [0.717, 1.165) is 22.4 Å². The fraction of sp³-hybridized carbons (Fsp3) is 0.458. The number of ether oxygens (including phenoxy) is 1. The first kappa shape index (κ1) is 21.3. The number of hydrogen-bond donors (Lipinski definition) is 2. The Morgan fingerprint density at radius 1 is 1.07 bits per heavy atom. The highest BCUT2D eigenvalue weighted by atomic mass is 16.5. The molecule has 3 rings (SSSR count). The zero-order valence-electron chi connectivity index (χ0n) is 18.0. The van der Waals surface area contributed by atoms with Crippen LogP contribution in [0.1, 0.15) is 45.9 Å². The van der Waals surface area contributed by atoms with Crippen LogP contribution in [0.5, 0.6) is 0 Å². The van der Waals surface area contributed by atoms with Gasteiger partial charge in [-0.15, -0.1) is 0 Å². The van der Waals surface area contributed by atoms with E-state index >= 15 is 0 Å². The maximum atomic E-state index is 9.79. The summed E-state index contributed by atoms with van der Waals surface area (Å²) in [7, 11) is 0. The van der Waals surface area contributed by atoms with Crippen molar-refractivity contribution in [2.24, 2.45) is 0 Å². The molecule has 0 aliphatic heterocycles. The van der Waals surface area contributed by atoms with E-state index in [-0.39, 0.29) is 23.5 Å². The molecule has 0 saturated carbocycles. The van der Waals surface area contributed by atoms with Crippen LogP contribution < -0.4 is 5.32 Å². The van der Waals surface area contributed by atoms with Crippen LogP contribution in [0.15, 0.2) is 53.1 Å². The highest BCUT2D eigenvalue weighted by Crippen LogP contribution is 2.30. The van der Waals surface area contributed by atoms with E-state index < -0.39 is 0 Å². The minimum Gasteiger partial charge on any atom is -0.394 e. The van der Waals surface area contributed by atoms with Gasteiger partial charge in [-0.05, 0) is 35.2 Å². The lowest BCUT2D eigenvalue weighted by Gasteiger charge is -2.26. The van der Waals surface area contributed by atoms with Crippen LogP contribution in [0.2, 0.25) is 0 Å². The van der Waals surface area contributed by atoms with E-state index in [9.17, 15) is 5.11 Å². The third-order valence-corrected chi connectivity index (χ3v) is 5.16. The molecule has 0 aliphatic carbocycles. The van der Waals surface area contributed by atoms with Crippen LogP contribution in [0.25, 0.3) is 11.0 Å². The van der Waals surface area contributed by atoms with Gasteiger partial charge in [0.25, 0.3) is 0 Å². The molecule has 1 aromatic heterocycles. The highest BCUT2D eigenvalue weighted by molar-refractivity contribution is 5.80. The maximum Gasteiger partial charge on any atom is 0.167 e. The van der Waals surface area contributed by atoms with Gasteiger partial charge in [0, 0.05) is 23.0 Å². The third-order valence-electron chi connectivity index (χ3n) is 5.16. The molecule has 156 valence electrons. The molecule has 1 heterocycles. The van der Waals surface area contributed by atoms with E-state index in [1.165, 1.54) is 5.56 Å². The molecule has 5 heteroatoms. The number of aliphatic hydroxyl groups is 1. The van der Waals surface area contributed by atoms with Crippen LogP contribution >= 0.6 is 0 Å². The number of rotatable bonds is 8. The van der Waals surface area contributed by atoms with Gasteiger partial charge in [-0.25, -0.2) is 0 Å². The molecule has 3 aromatic rings. The van der Waals surface area contributed by atoms with Crippen molar-refractivity contribution in [1.82, 2.24) is 5.16 Å². The molecule has 0 radical (unpaired) electrons. The van der Waals surface area contributed by atoms with Gasteiger partial charge >= 0.3 is 0 Å². The predicted octanol–water partition coefficient (Wildman–Crippen LogP) is 4.89. The second-order valence-electron chi connectivity index (χ2n) is 9.24. The number of fused-ring (bicyclic) bond motifs is 1. The Kier molecular flexibility index (Phi) is 6.30. The average molecular weight is 397 g/mol. The summed E-state index contributed by atoms with van der Waals surface area (Å²) in [4.78, 5) is 0. The normalized spacial score (nSPS) is 13.6. The number of aromatic nitrogens is 1. The molecule has 1 atom stereocenters. The van der Waals surface area contributed by atoms with Gasteiger partial charge in [0.15, 0.2) is 5.58 Å². The lowest BCUT2D eigenvalue weighted by molar-refractivity contribution is -0.000576. The predicted molar refractivity (Wildman–Crippen MR) is 117 cm³/mol. The summed E-state index contributed by atoms with van der Waals surface area (Å²) in [5, 5.41) is 18.4. The van der Waals surface area contributed by atoms with E-state index in [1.807, 2.05) is 30.3 Å². The monoisotopic (exact) mass is 396 g/mol. The summed E-state index contributed by atoms with van der Waals surface area (Å²) in [6.07, 6.45) is -0.314. The molecule has 29 heavy (non-hydrogen) atoms. The van der Waals surface area contributed by atoms with Crippen molar-refractivity contribution in [3.05, 3.63) is 59.8 Å². The van der Waals surface area contributed by atoms with Crippen LogP contribution in [-0.2, 0) is 15.6 Å². The largest absolute Gasteiger partial charge is 0.394 e. The lowest BCUT2D eigenvalue weighted by Crippen LogP contribution is -2.33. The van der Waals surface area contributed by atoms with Crippen LogP contribution in [0.3, 0.4) is 0 Å². The van der Waals surface area contributed by atoms with Crippen molar-refractivity contribution in [2.75, 3.05) is 25.1 Å². The number of anilines is 1. The van der Waals surface area contributed by atoms with E-state index in [0.29, 0.717) is 13.2 Å². The molecule has 0 amide bonds. The third kappa shape index (κ3) is 5.17. The number of para-hydroxylation sites is 1. The Balaban J connectivity index is 1.61. The van der Waals surface area contributed by atoms with Crippen molar-refractivity contribution in [3.63, 3.8) is 0 Å². The fourth-order valence-electron chi connectivity index (χ4n) is 3.27. The Morgan fingerprint density at radius 3 is 2.55 bits per heavy atom. The zero-order valence-corrected chi connectivity index (χ0v) is 18.0. The molecule has 0 saturated heterocycles. The van der Waals surface area contributed by atoms with Crippen molar-refractivity contribution in [2.45, 2.75) is 51.6 Å². The minimum absolute atomic E-state index is 0.0540. The molecule has 0 spiro atoms. The number of benzene rings is 2. The van der Waals surface area contributed by atoms with Gasteiger partial charge in [0.2, 0.25) is 0 Å². The van der Waals surface area contributed by atoms with Crippen molar-refractivity contribution >= 4 is 16.7 Å². The van der Waals surface area contributed by atoms with Crippen molar-refractivity contribution in [3.8, 4) is 0 Å². The first-order valence-corrected chi connectivity index (χ1v) is 10.1. The first-order chi connectivity index (χ1) is 13.7.